The molecule has 0 unspecified atom stereocenters. The van der Waals surface area contributed by atoms with Crippen LogP contribution in [0.2, 0.25) is 0 Å². The molecule has 126 valence electrons. The van der Waals surface area contributed by atoms with Gasteiger partial charge in [0.05, 0.1) is 6.42 Å². The predicted octanol–water partition coefficient (Wildman–Crippen LogP) is 1.30. The molecular formula is C16H19N5O3. The number of pyridine rings is 1. The maximum Gasteiger partial charge on any atom is 0.323 e. The molecule has 2 aromatic rings. The van der Waals surface area contributed by atoms with Gasteiger partial charge in [0, 0.05) is 44.1 Å². The fraction of sp³-hybridized carbons (Fsp3) is 0.375. The second-order valence-electron chi connectivity index (χ2n) is 5.62. The van der Waals surface area contributed by atoms with Gasteiger partial charge in [0.15, 0.2) is 5.82 Å². The van der Waals surface area contributed by atoms with Crippen LogP contribution in [0.3, 0.4) is 0 Å². The van der Waals surface area contributed by atoms with E-state index in [0.29, 0.717) is 37.8 Å². The Hall–Kier alpha value is -2.90. The molecule has 3 heterocycles. The summed E-state index contributed by atoms with van der Waals surface area (Å²) in [6.07, 6.45) is 1.96. The van der Waals surface area contributed by atoms with Gasteiger partial charge < -0.3 is 14.3 Å². The Morgan fingerprint density at radius 1 is 1.21 bits per heavy atom. The van der Waals surface area contributed by atoms with Crippen LogP contribution < -0.4 is 5.32 Å². The van der Waals surface area contributed by atoms with Gasteiger partial charge in [-0.05, 0) is 19.1 Å². The number of hydrogen-bond donors (Lipinski definition) is 1. The third-order valence-electron chi connectivity index (χ3n) is 3.84. The normalized spacial score (nSPS) is 14.5. The van der Waals surface area contributed by atoms with Crippen molar-refractivity contribution in [3.8, 4) is 0 Å². The number of hydrogen-bond acceptors (Lipinski definition) is 5. The zero-order valence-corrected chi connectivity index (χ0v) is 13.4. The molecule has 3 rings (SSSR count). The number of rotatable bonds is 3. The molecule has 3 amide bonds. The van der Waals surface area contributed by atoms with Crippen molar-refractivity contribution in [1.29, 1.82) is 0 Å². The van der Waals surface area contributed by atoms with Gasteiger partial charge >= 0.3 is 6.03 Å². The van der Waals surface area contributed by atoms with Crippen molar-refractivity contribution in [3.63, 3.8) is 0 Å². The molecule has 0 aromatic carbocycles. The van der Waals surface area contributed by atoms with Crippen LogP contribution in [0.5, 0.6) is 0 Å². The average molecular weight is 329 g/mol. The quantitative estimate of drug-likeness (QED) is 0.916. The van der Waals surface area contributed by atoms with Gasteiger partial charge in [-0.25, -0.2) is 4.79 Å². The van der Waals surface area contributed by atoms with Crippen LogP contribution in [-0.4, -0.2) is 58.1 Å². The minimum Gasteiger partial charge on any atom is -0.360 e. The first-order valence-corrected chi connectivity index (χ1v) is 7.79. The van der Waals surface area contributed by atoms with Gasteiger partial charge in [-0.15, -0.1) is 0 Å². The second kappa shape index (κ2) is 7.12. The van der Waals surface area contributed by atoms with Crippen LogP contribution in [0.1, 0.15) is 11.5 Å². The van der Waals surface area contributed by atoms with Gasteiger partial charge in [-0.2, -0.15) is 0 Å². The molecule has 1 aliphatic rings. The molecule has 0 radical (unpaired) electrons. The number of nitrogens with zero attached hydrogens (tertiary/aromatic N) is 4. The minimum atomic E-state index is -0.236. The topological polar surface area (TPSA) is 91.6 Å². The van der Waals surface area contributed by atoms with Crippen LogP contribution in [0, 0.1) is 6.92 Å². The van der Waals surface area contributed by atoms with E-state index in [0.717, 1.165) is 5.69 Å². The summed E-state index contributed by atoms with van der Waals surface area (Å²) in [7, 11) is 0. The highest BCUT2D eigenvalue weighted by molar-refractivity contribution is 5.88. The van der Waals surface area contributed by atoms with Gasteiger partial charge in [-0.1, -0.05) is 11.2 Å². The largest absolute Gasteiger partial charge is 0.360 e. The first kappa shape index (κ1) is 16.0. The van der Waals surface area contributed by atoms with Crippen molar-refractivity contribution in [2.24, 2.45) is 0 Å². The van der Waals surface area contributed by atoms with E-state index in [1.54, 1.807) is 29.0 Å². The molecule has 0 aliphatic carbocycles. The zero-order chi connectivity index (χ0) is 16.9. The Labute approximate surface area is 139 Å². The number of nitrogens with one attached hydrogen (secondary N) is 1. The van der Waals surface area contributed by atoms with E-state index in [1.165, 1.54) is 0 Å². The number of aryl methyl sites for hydroxylation is 1. The smallest absolute Gasteiger partial charge is 0.323 e. The summed E-state index contributed by atoms with van der Waals surface area (Å²) in [5.74, 6) is 1.06. The standard InChI is InChI=1S/C16H19N5O3/c1-12-10-14(19-24-12)18-16(23)21-8-6-20(7-9-21)15(22)11-13-4-2-3-5-17-13/h2-5,10H,6-9,11H2,1H3,(H,18,19,23). The molecule has 1 fully saturated rings. The maximum absolute atomic E-state index is 12.3. The third kappa shape index (κ3) is 3.89. The summed E-state index contributed by atoms with van der Waals surface area (Å²) in [6, 6.07) is 6.94. The van der Waals surface area contributed by atoms with Crippen molar-refractivity contribution in [2.75, 3.05) is 31.5 Å². The minimum absolute atomic E-state index is 0.0286. The fourth-order valence-corrected chi connectivity index (χ4v) is 2.54. The summed E-state index contributed by atoms with van der Waals surface area (Å²) >= 11 is 0. The van der Waals surface area contributed by atoms with Crippen LogP contribution in [0.25, 0.3) is 0 Å². The van der Waals surface area contributed by atoms with Gasteiger partial charge in [0.1, 0.15) is 5.76 Å². The number of carbonyl (C=O) groups is 2. The lowest BCUT2D eigenvalue weighted by atomic mass is 10.2. The van der Waals surface area contributed by atoms with Crippen molar-refractivity contribution in [2.45, 2.75) is 13.3 Å². The third-order valence-corrected chi connectivity index (χ3v) is 3.84. The van der Waals surface area contributed by atoms with E-state index in [-0.39, 0.29) is 18.4 Å². The van der Waals surface area contributed by atoms with E-state index >= 15 is 0 Å². The van der Waals surface area contributed by atoms with Crippen LogP contribution in [-0.2, 0) is 11.2 Å². The number of aromatic nitrogens is 2. The maximum atomic E-state index is 12.3. The lowest BCUT2D eigenvalue weighted by Crippen LogP contribution is -2.52. The van der Waals surface area contributed by atoms with Gasteiger partial charge in [0.25, 0.3) is 0 Å². The van der Waals surface area contributed by atoms with Crippen LogP contribution in [0.15, 0.2) is 35.0 Å². The van der Waals surface area contributed by atoms with E-state index in [4.69, 9.17) is 4.52 Å². The van der Waals surface area contributed by atoms with E-state index < -0.39 is 0 Å². The fourth-order valence-electron chi connectivity index (χ4n) is 2.54. The first-order valence-electron chi connectivity index (χ1n) is 7.79. The molecule has 0 spiro atoms. The van der Waals surface area contributed by atoms with Crippen molar-refractivity contribution < 1.29 is 14.1 Å². The highest BCUT2D eigenvalue weighted by atomic mass is 16.5. The van der Waals surface area contributed by atoms with Gasteiger partial charge in [-0.3, -0.25) is 15.1 Å². The van der Waals surface area contributed by atoms with Crippen molar-refractivity contribution >= 4 is 17.8 Å². The molecule has 8 heteroatoms. The summed E-state index contributed by atoms with van der Waals surface area (Å²) < 4.78 is 4.92. The number of carbonyl (C=O) groups excluding carboxylic acids is 2. The molecule has 0 bridgehead atoms. The Bertz CT molecular complexity index is 708. The predicted molar refractivity (Wildman–Crippen MR) is 86.4 cm³/mol. The molecule has 0 saturated carbocycles. The van der Waals surface area contributed by atoms with Crippen molar-refractivity contribution in [3.05, 3.63) is 41.9 Å². The monoisotopic (exact) mass is 329 g/mol. The van der Waals surface area contributed by atoms with Crippen LogP contribution in [0.4, 0.5) is 10.6 Å². The highest BCUT2D eigenvalue weighted by Gasteiger charge is 2.24. The molecule has 1 aliphatic heterocycles. The second-order valence-corrected chi connectivity index (χ2v) is 5.62. The Balaban J connectivity index is 1.48. The molecule has 2 aromatic heterocycles. The summed E-state index contributed by atoms with van der Waals surface area (Å²) in [5.41, 5.74) is 0.754. The molecule has 0 atom stereocenters. The Morgan fingerprint density at radius 3 is 2.58 bits per heavy atom. The summed E-state index contributed by atoms with van der Waals surface area (Å²) in [5, 5.41) is 6.42. The lowest BCUT2D eigenvalue weighted by molar-refractivity contribution is -0.131. The Kier molecular flexibility index (Phi) is 4.74. The molecule has 8 nitrogen and oxygen atoms in total. The SMILES string of the molecule is Cc1cc(NC(=O)N2CCN(C(=O)Cc3ccccn3)CC2)no1. The average Bonchev–Trinajstić information content (AvgIpc) is 3.00. The van der Waals surface area contributed by atoms with Crippen molar-refractivity contribution in [1.82, 2.24) is 19.9 Å². The van der Waals surface area contributed by atoms with Crippen LogP contribution >= 0.6 is 0 Å². The van der Waals surface area contributed by atoms with E-state index in [1.807, 2.05) is 18.2 Å². The summed E-state index contributed by atoms with van der Waals surface area (Å²) in [6.45, 7) is 3.75. The first-order chi connectivity index (χ1) is 11.6. The zero-order valence-electron chi connectivity index (χ0n) is 13.4. The number of amides is 3. The van der Waals surface area contributed by atoms with E-state index in [9.17, 15) is 9.59 Å². The molecule has 1 saturated heterocycles. The van der Waals surface area contributed by atoms with Gasteiger partial charge in [0.2, 0.25) is 5.91 Å². The number of piperazine rings is 1. The summed E-state index contributed by atoms with van der Waals surface area (Å²) in [4.78, 5) is 32.0. The van der Waals surface area contributed by atoms with E-state index in [2.05, 4.69) is 15.5 Å². The number of anilines is 1. The number of urea groups is 1. The molecule has 24 heavy (non-hydrogen) atoms. The molecule has 1 N–H and O–H groups in total. The Morgan fingerprint density at radius 2 is 1.96 bits per heavy atom. The lowest BCUT2D eigenvalue weighted by Gasteiger charge is -2.34. The molecular weight excluding hydrogens is 310 g/mol. The highest BCUT2D eigenvalue weighted by Crippen LogP contribution is 2.10.